The van der Waals surface area contributed by atoms with Gasteiger partial charge in [0.2, 0.25) is 0 Å². The van der Waals surface area contributed by atoms with Crippen LogP contribution in [0.4, 0.5) is 4.39 Å². The van der Waals surface area contributed by atoms with Gasteiger partial charge in [0.1, 0.15) is 11.6 Å². The third-order valence-electron chi connectivity index (χ3n) is 2.61. The van der Waals surface area contributed by atoms with Crippen molar-refractivity contribution < 1.29 is 9.13 Å². The van der Waals surface area contributed by atoms with E-state index < -0.39 is 0 Å². The van der Waals surface area contributed by atoms with Gasteiger partial charge in [-0.3, -0.25) is 0 Å². The first-order valence-electron chi connectivity index (χ1n) is 5.35. The van der Waals surface area contributed by atoms with Crippen LogP contribution >= 0.6 is 31.9 Å². The van der Waals surface area contributed by atoms with Crippen LogP contribution < -0.4 is 4.74 Å². The number of benzene rings is 2. The van der Waals surface area contributed by atoms with Crippen LogP contribution in [-0.2, 0) is 0 Å². The number of ether oxygens (including phenoxy) is 1. The first-order chi connectivity index (χ1) is 8.61. The van der Waals surface area contributed by atoms with Crippen LogP contribution in [0, 0.1) is 5.82 Å². The van der Waals surface area contributed by atoms with Crippen molar-refractivity contribution in [3.8, 4) is 5.75 Å². The van der Waals surface area contributed by atoms with E-state index in [1.54, 1.807) is 13.2 Å². The van der Waals surface area contributed by atoms with Crippen molar-refractivity contribution in [3.05, 3.63) is 63.9 Å². The molecule has 2 aromatic rings. The molecule has 2 rings (SSSR count). The smallest absolute Gasteiger partial charge is 0.133 e. The normalized spacial score (nSPS) is 12.2. The molecule has 1 unspecified atom stereocenters. The minimum atomic E-state index is -0.232. The van der Waals surface area contributed by atoms with Gasteiger partial charge in [0.15, 0.2) is 0 Å². The van der Waals surface area contributed by atoms with Crippen molar-refractivity contribution in [2.24, 2.45) is 0 Å². The topological polar surface area (TPSA) is 9.23 Å². The van der Waals surface area contributed by atoms with Gasteiger partial charge < -0.3 is 4.74 Å². The summed E-state index contributed by atoms with van der Waals surface area (Å²) >= 11 is 7.02. The molecule has 0 saturated carbocycles. The van der Waals surface area contributed by atoms with Crippen LogP contribution in [0.2, 0.25) is 0 Å². The summed E-state index contributed by atoms with van der Waals surface area (Å²) in [6.07, 6.45) is 0. The number of hydrogen-bond acceptors (Lipinski definition) is 1. The Morgan fingerprint density at radius 1 is 1.11 bits per heavy atom. The second-order valence-electron chi connectivity index (χ2n) is 3.81. The summed E-state index contributed by atoms with van der Waals surface area (Å²) in [7, 11) is 1.62. The minimum absolute atomic E-state index is 0.0459. The molecule has 0 aromatic heterocycles. The molecule has 0 aliphatic heterocycles. The summed E-state index contributed by atoms with van der Waals surface area (Å²) < 4.78 is 19.3. The van der Waals surface area contributed by atoms with Crippen LogP contribution in [0.5, 0.6) is 5.75 Å². The molecular weight excluding hydrogens is 363 g/mol. The maximum absolute atomic E-state index is 13.2. The third kappa shape index (κ3) is 2.93. The van der Waals surface area contributed by atoms with Crippen LogP contribution in [0.1, 0.15) is 16.0 Å². The molecule has 0 spiro atoms. The van der Waals surface area contributed by atoms with Gasteiger partial charge in [-0.15, -0.1) is 0 Å². The fraction of sp³-hybridized carbons (Fsp3) is 0.143. The number of methoxy groups -OCH3 is 1. The second kappa shape index (κ2) is 5.85. The summed E-state index contributed by atoms with van der Waals surface area (Å²) in [6, 6.07) is 12.4. The molecule has 0 aliphatic carbocycles. The van der Waals surface area contributed by atoms with Gasteiger partial charge in [-0.05, 0) is 51.3 Å². The van der Waals surface area contributed by atoms with Crippen LogP contribution in [0.15, 0.2) is 46.9 Å². The molecule has 18 heavy (non-hydrogen) atoms. The molecule has 0 radical (unpaired) electrons. The minimum Gasteiger partial charge on any atom is -0.496 e. The first-order valence-corrected chi connectivity index (χ1v) is 7.05. The summed E-state index contributed by atoms with van der Waals surface area (Å²) in [5.74, 6) is 0.544. The van der Waals surface area contributed by atoms with Crippen molar-refractivity contribution in [2.45, 2.75) is 4.83 Å². The SMILES string of the molecule is COc1ccc(C(Br)c2cccc(F)c2)cc1Br. The van der Waals surface area contributed by atoms with E-state index in [4.69, 9.17) is 4.74 Å². The first kappa shape index (κ1) is 13.6. The van der Waals surface area contributed by atoms with E-state index in [2.05, 4.69) is 31.9 Å². The Balaban J connectivity index is 2.34. The predicted octanol–water partition coefficient (Wildman–Crippen LogP) is 5.08. The van der Waals surface area contributed by atoms with Crippen molar-refractivity contribution >= 4 is 31.9 Å². The average molecular weight is 374 g/mol. The highest BCUT2D eigenvalue weighted by Crippen LogP contribution is 2.35. The molecule has 0 fully saturated rings. The zero-order chi connectivity index (χ0) is 13.1. The van der Waals surface area contributed by atoms with Gasteiger partial charge in [-0.2, -0.15) is 0 Å². The Bertz CT molecular complexity index is 557. The number of hydrogen-bond donors (Lipinski definition) is 0. The van der Waals surface area contributed by atoms with Crippen LogP contribution in [-0.4, -0.2) is 7.11 Å². The zero-order valence-corrected chi connectivity index (χ0v) is 12.8. The Labute approximate surface area is 122 Å². The third-order valence-corrected chi connectivity index (χ3v) is 4.29. The lowest BCUT2D eigenvalue weighted by atomic mass is 10.0. The predicted molar refractivity (Wildman–Crippen MR) is 77.9 cm³/mol. The Morgan fingerprint density at radius 3 is 2.44 bits per heavy atom. The quantitative estimate of drug-likeness (QED) is 0.681. The van der Waals surface area contributed by atoms with E-state index in [1.807, 2.05) is 24.3 Å². The van der Waals surface area contributed by atoms with Crippen molar-refractivity contribution in [3.63, 3.8) is 0 Å². The van der Waals surface area contributed by atoms with Gasteiger partial charge >= 0.3 is 0 Å². The highest BCUT2D eigenvalue weighted by Gasteiger charge is 2.12. The van der Waals surface area contributed by atoms with Crippen molar-refractivity contribution in [1.29, 1.82) is 0 Å². The largest absolute Gasteiger partial charge is 0.496 e. The molecule has 0 saturated heterocycles. The highest BCUT2D eigenvalue weighted by molar-refractivity contribution is 9.10. The van der Waals surface area contributed by atoms with Gasteiger partial charge in [-0.25, -0.2) is 4.39 Å². The summed E-state index contributed by atoms with van der Waals surface area (Å²) in [4.78, 5) is -0.0459. The van der Waals surface area contributed by atoms with E-state index in [1.165, 1.54) is 12.1 Å². The highest BCUT2D eigenvalue weighted by atomic mass is 79.9. The monoisotopic (exact) mass is 372 g/mol. The maximum Gasteiger partial charge on any atom is 0.133 e. The number of alkyl halides is 1. The van der Waals surface area contributed by atoms with Gasteiger partial charge in [0, 0.05) is 0 Å². The van der Waals surface area contributed by atoms with Gasteiger partial charge in [0.25, 0.3) is 0 Å². The van der Waals surface area contributed by atoms with Crippen LogP contribution in [0.3, 0.4) is 0 Å². The standard InChI is InChI=1S/C14H11Br2FO/c1-18-13-6-5-10(8-12(13)15)14(16)9-3-2-4-11(17)7-9/h2-8,14H,1H3. The van der Waals surface area contributed by atoms with Gasteiger partial charge in [-0.1, -0.05) is 34.1 Å². The lowest BCUT2D eigenvalue weighted by molar-refractivity contribution is 0.412. The van der Waals surface area contributed by atoms with E-state index in [0.29, 0.717) is 0 Å². The maximum atomic E-state index is 13.2. The van der Waals surface area contributed by atoms with E-state index >= 15 is 0 Å². The molecule has 0 aliphatic rings. The Morgan fingerprint density at radius 2 is 1.83 bits per heavy atom. The molecule has 4 heteroatoms. The van der Waals surface area contributed by atoms with Gasteiger partial charge in [0.05, 0.1) is 16.4 Å². The van der Waals surface area contributed by atoms with Crippen molar-refractivity contribution in [2.75, 3.05) is 7.11 Å². The average Bonchev–Trinajstić information content (AvgIpc) is 2.37. The van der Waals surface area contributed by atoms with Crippen LogP contribution in [0.25, 0.3) is 0 Å². The molecule has 0 heterocycles. The Hall–Kier alpha value is -0.870. The van der Waals surface area contributed by atoms with E-state index in [0.717, 1.165) is 21.3 Å². The zero-order valence-electron chi connectivity index (χ0n) is 9.66. The van der Waals surface area contributed by atoms with Crippen molar-refractivity contribution in [1.82, 2.24) is 0 Å². The fourth-order valence-electron chi connectivity index (χ4n) is 1.70. The molecule has 1 nitrogen and oxygen atoms in total. The molecule has 0 bridgehead atoms. The van der Waals surface area contributed by atoms with E-state index in [9.17, 15) is 4.39 Å². The summed E-state index contributed by atoms with van der Waals surface area (Å²) in [5, 5.41) is 0. The molecule has 94 valence electrons. The number of halogens is 3. The lowest BCUT2D eigenvalue weighted by Gasteiger charge is -2.12. The second-order valence-corrected chi connectivity index (χ2v) is 5.58. The molecule has 2 aromatic carbocycles. The lowest BCUT2D eigenvalue weighted by Crippen LogP contribution is -1.94. The number of rotatable bonds is 3. The molecule has 0 amide bonds. The molecular formula is C14H11Br2FO. The summed E-state index contributed by atoms with van der Waals surface area (Å²) in [6.45, 7) is 0. The van der Waals surface area contributed by atoms with E-state index in [-0.39, 0.29) is 10.6 Å². The molecule has 1 atom stereocenters. The summed E-state index contributed by atoms with van der Waals surface area (Å²) in [5.41, 5.74) is 1.92. The fourth-order valence-corrected chi connectivity index (χ4v) is 2.82. The molecule has 0 N–H and O–H groups in total. The Kier molecular flexibility index (Phi) is 4.40.